The summed E-state index contributed by atoms with van der Waals surface area (Å²) in [6.45, 7) is 2.17. The molecule has 5 aromatic rings. The van der Waals surface area contributed by atoms with Crippen molar-refractivity contribution >= 4 is 27.6 Å². The first-order valence-electron chi connectivity index (χ1n) is 13.1. The molecule has 1 saturated carbocycles. The Kier molecular flexibility index (Phi) is 6.07. The normalized spacial score (nSPS) is 17.6. The van der Waals surface area contributed by atoms with Crippen LogP contribution in [0.3, 0.4) is 0 Å². The molecule has 0 radical (unpaired) electrons. The Morgan fingerprint density at radius 3 is 2.70 bits per heavy atom. The number of aromatic nitrogens is 3. The second kappa shape index (κ2) is 9.68. The number of hydrogen-bond donors (Lipinski definition) is 2. The first-order chi connectivity index (χ1) is 18.1. The lowest BCUT2D eigenvalue weighted by Crippen LogP contribution is -2.33. The van der Waals surface area contributed by atoms with Crippen molar-refractivity contribution in [1.82, 2.24) is 14.5 Å². The molecule has 0 bridgehead atoms. The molecular weight excluding hydrogens is 456 g/mol. The van der Waals surface area contributed by atoms with Crippen LogP contribution >= 0.6 is 0 Å². The van der Waals surface area contributed by atoms with Gasteiger partial charge in [-0.3, -0.25) is 4.98 Å². The van der Waals surface area contributed by atoms with E-state index in [-0.39, 0.29) is 6.04 Å². The van der Waals surface area contributed by atoms with Crippen LogP contribution in [0.2, 0.25) is 0 Å². The molecule has 0 saturated heterocycles. The van der Waals surface area contributed by atoms with Crippen molar-refractivity contribution in [2.24, 2.45) is 5.73 Å². The maximum absolute atomic E-state index is 9.77. The van der Waals surface area contributed by atoms with Crippen LogP contribution in [-0.2, 0) is 6.42 Å². The van der Waals surface area contributed by atoms with Crippen LogP contribution in [0, 0.1) is 11.3 Å². The van der Waals surface area contributed by atoms with E-state index in [9.17, 15) is 5.26 Å². The quantitative estimate of drug-likeness (QED) is 0.302. The average Bonchev–Trinajstić information content (AvgIpc) is 3.33. The fourth-order valence-corrected chi connectivity index (χ4v) is 5.54. The predicted octanol–water partition coefficient (Wildman–Crippen LogP) is 6.36. The Morgan fingerprint density at radius 2 is 1.89 bits per heavy atom. The number of nitrogens with one attached hydrogen (secondary N) is 1. The second-order valence-corrected chi connectivity index (χ2v) is 9.95. The first-order valence-corrected chi connectivity index (χ1v) is 13.1. The fourth-order valence-electron chi connectivity index (χ4n) is 5.54. The largest absolute Gasteiger partial charge is 0.381 e. The van der Waals surface area contributed by atoms with Gasteiger partial charge in [-0.05, 0) is 79.6 Å². The van der Waals surface area contributed by atoms with Gasteiger partial charge in [-0.15, -0.1) is 0 Å². The Hall–Kier alpha value is -4.21. The minimum absolute atomic E-state index is 0.289. The van der Waals surface area contributed by atoms with Gasteiger partial charge in [0.1, 0.15) is 11.7 Å². The van der Waals surface area contributed by atoms with E-state index in [1.165, 1.54) is 5.56 Å². The molecule has 184 valence electrons. The summed E-state index contributed by atoms with van der Waals surface area (Å²) in [6, 6.07) is 21.4. The molecule has 6 rings (SSSR count). The smallest absolute Gasteiger partial charge is 0.145 e. The molecule has 0 atom stereocenters. The number of pyridine rings is 2. The van der Waals surface area contributed by atoms with Crippen molar-refractivity contribution in [3.63, 3.8) is 0 Å². The molecule has 6 nitrogen and oxygen atoms in total. The summed E-state index contributed by atoms with van der Waals surface area (Å²) in [5.74, 6) is 0. The van der Waals surface area contributed by atoms with Gasteiger partial charge in [-0.2, -0.15) is 5.26 Å². The van der Waals surface area contributed by atoms with Crippen molar-refractivity contribution in [2.75, 3.05) is 5.32 Å². The molecule has 0 aliphatic heterocycles. The van der Waals surface area contributed by atoms with E-state index in [2.05, 4.69) is 53.3 Å². The molecular formula is C31H30N6. The molecule has 2 aromatic carbocycles. The highest BCUT2D eigenvalue weighted by Crippen LogP contribution is 2.35. The first kappa shape index (κ1) is 23.2. The van der Waals surface area contributed by atoms with Crippen LogP contribution in [0.4, 0.5) is 5.69 Å². The van der Waals surface area contributed by atoms with E-state index < -0.39 is 0 Å². The maximum atomic E-state index is 9.77. The standard InChI is InChI=1S/C31H30N6/c1-2-20-19-37(26-12-7-22(17-32)29(16-26)36-25-10-8-24(33)9-11-25)31-30(20)27(13-14-34-31)23-15-21-5-3-4-6-28(21)35-18-23/h3-7,12-16,18-19,24-25,36H,2,8-11,33H2,1H3. The Balaban J connectivity index is 1.44. The van der Waals surface area contributed by atoms with Gasteiger partial charge in [0, 0.05) is 52.7 Å². The number of fused-ring (bicyclic) bond motifs is 2. The molecule has 0 spiro atoms. The lowest BCUT2D eigenvalue weighted by molar-refractivity contribution is 0.411. The minimum Gasteiger partial charge on any atom is -0.381 e. The molecule has 3 N–H and O–H groups in total. The summed E-state index contributed by atoms with van der Waals surface area (Å²) in [5.41, 5.74) is 13.9. The average molecular weight is 487 g/mol. The minimum atomic E-state index is 0.289. The van der Waals surface area contributed by atoms with E-state index >= 15 is 0 Å². The monoisotopic (exact) mass is 486 g/mol. The van der Waals surface area contributed by atoms with Crippen LogP contribution in [0.25, 0.3) is 38.8 Å². The molecule has 3 aromatic heterocycles. The van der Waals surface area contributed by atoms with Crippen molar-refractivity contribution in [1.29, 1.82) is 5.26 Å². The van der Waals surface area contributed by atoms with Gasteiger partial charge in [-0.1, -0.05) is 25.1 Å². The third-order valence-electron chi connectivity index (χ3n) is 7.58. The number of nitrogens with zero attached hydrogens (tertiary/aromatic N) is 4. The van der Waals surface area contributed by atoms with E-state index in [4.69, 9.17) is 15.7 Å². The van der Waals surface area contributed by atoms with Crippen LogP contribution in [0.5, 0.6) is 0 Å². The maximum Gasteiger partial charge on any atom is 0.145 e. The summed E-state index contributed by atoms with van der Waals surface area (Å²) < 4.78 is 2.15. The third kappa shape index (κ3) is 4.32. The summed E-state index contributed by atoms with van der Waals surface area (Å²) in [5, 5.41) is 15.7. The van der Waals surface area contributed by atoms with E-state index in [1.807, 2.05) is 42.7 Å². The molecule has 3 heterocycles. The number of para-hydroxylation sites is 1. The number of rotatable bonds is 5. The van der Waals surface area contributed by atoms with Gasteiger partial charge in [-0.25, -0.2) is 4.98 Å². The van der Waals surface area contributed by atoms with Gasteiger partial charge in [0.25, 0.3) is 0 Å². The highest BCUT2D eigenvalue weighted by atomic mass is 15.0. The zero-order chi connectivity index (χ0) is 25.4. The van der Waals surface area contributed by atoms with Crippen molar-refractivity contribution in [2.45, 2.75) is 51.1 Å². The van der Waals surface area contributed by atoms with Crippen molar-refractivity contribution in [3.05, 3.63) is 84.3 Å². The van der Waals surface area contributed by atoms with Crippen LogP contribution in [0.1, 0.15) is 43.7 Å². The lowest BCUT2D eigenvalue weighted by Gasteiger charge is -2.28. The van der Waals surface area contributed by atoms with Gasteiger partial charge in [0.2, 0.25) is 0 Å². The number of aryl methyl sites for hydroxylation is 1. The molecule has 0 unspecified atom stereocenters. The molecule has 37 heavy (non-hydrogen) atoms. The fraction of sp³-hybridized carbons (Fsp3) is 0.258. The van der Waals surface area contributed by atoms with E-state index in [1.54, 1.807) is 0 Å². The summed E-state index contributed by atoms with van der Waals surface area (Å²) in [7, 11) is 0. The van der Waals surface area contributed by atoms with Gasteiger partial charge < -0.3 is 15.6 Å². The summed E-state index contributed by atoms with van der Waals surface area (Å²) in [4.78, 5) is 9.52. The van der Waals surface area contributed by atoms with E-state index in [0.717, 1.165) is 76.5 Å². The van der Waals surface area contributed by atoms with Crippen LogP contribution < -0.4 is 11.1 Å². The summed E-state index contributed by atoms with van der Waals surface area (Å²) >= 11 is 0. The number of benzene rings is 2. The highest BCUT2D eigenvalue weighted by Gasteiger charge is 2.20. The molecule has 1 fully saturated rings. The molecule has 1 aliphatic carbocycles. The van der Waals surface area contributed by atoms with Crippen LogP contribution in [-0.4, -0.2) is 26.6 Å². The zero-order valence-electron chi connectivity index (χ0n) is 21.0. The third-order valence-corrected chi connectivity index (χ3v) is 7.58. The van der Waals surface area contributed by atoms with Gasteiger partial charge in [0.05, 0.1) is 16.8 Å². The van der Waals surface area contributed by atoms with Gasteiger partial charge >= 0.3 is 0 Å². The zero-order valence-corrected chi connectivity index (χ0v) is 21.0. The van der Waals surface area contributed by atoms with Gasteiger partial charge in [0.15, 0.2) is 0 Å². The number of nitrogens with two attached hydrogens (primary N) is 1. The Morgan fingerprint density at radius 1 is 1.05 bits per heavy atom. The topological polar surface area (TPSA) is 92.5 Å². The Labute approximate surface area is 216 Å². The molecule has 1 aliphatic rings. The van der Waals surface area contributed by atoms with Crippen molar-refractivity contribution in [3.8, 4) is 22.9 Å². The number of hydrogen-bond acceptors (Lipinski definition) is 5. The van der Waals surface area contributed by atoms with Crippen molar-refractivity contribution < 1.29 is 0 Å². The molecule has 6 heteroatoms. The summed E-state index contributed by atoms with van der Waals surface area (Å²) in [6.07, 6.45) is 11.0. The number of nitriles is 1. The predicted molar refractivity (Wildman–Crippen MR) is 150 cm³/mol. The highest BCUT2D eigenvalue weighted by molar-refractivity contribution is 5.98. The second-order valence-electron chi connectivity index (χ2n) is 9.95. The Bertz CT molecular complexity index is 1640. The van der Waals surface area contributed by atoms with Crippen LogP contribution in [0.15, 0.2) is 73.2 Å². The molecule has 0 amide bonds. The lowest BCUT2D eigenvalue weighted by atomic mass is 9.91. The van der Waals surface area contributed by atoms with E-state index in [0.29, 0.717) is 11.6 Å². The number of anilines is 1. The SMILES string of the molecule is CCc1cn(-c2ccc(C#N)c(NC3CCC(N)CC3)c2)c2nccc(-c3cnc4ccccc4c3)c12.